The number of hydrogen-bond donors (Lipinski definition) is 9. The van der Waals surface area contributed by atoms with E-state index >= 15 is 0 Å². The molecular formula is C75H76Br8Cl2F3N5O13. The molecule has 106 heavy (non-hydrogen) atoms. The van der Waals surface area contributed by atoms with Crippen molar-refractivity contribution in [3.63, 3.8) is 0 Å². The third-order valence-electron chi connectivity index (χ3n) is 14.3. The number of nitrogens with one attached hydrogen (secondary N) is 5. The van der Waals surface area contributed by atoms with E-state index in [2.05, 4.69) is 166 Å². The zero-order valence-electron chi connectivity index (χ0n) is 58.1. The van der Waals surface area contributed by atoms with Crippen LogP contribution in [0.25, 0.3) is 0 Å². The highest BCUT2D eigenvalue weighted by atomic mass is 79.9. The van der Waals surface area contributed by atoms with Crippen molar-refractivity contribution in [1.82, 2.24) is 0 Å². The number of alkyl halides is 1. The number of aryl methyl sites for hydroxylation is 4. The van der Waals surface area contributed by atoms with Crippen LogP contribution in [-0.4, -0.2) is 82.1 Å². The Kier molecular flexibility index (Phi) is 38.4. The summed E-state index contributed by atoms with van der Waals surface area (Å²) < 4.78 is 71.1. The molecule has 0 aliphatic heterocycles. The molecule has 0 fully saturated rings. The fourth-order valence-corrected chi connectivity index (χ4v) is 16.4. The van der Waals surface area contributed by atoms with E-state index in [0.29, 0.717) is 135 Å². The SMILES string of the molecule is CC(C)Nc1cc(Cl)cc(COc2c(Br)cc(NC(=O)CC(=O)O)cc2Br)c1.CCNc1cc(C)cc(COc2c(Br)cc(CC(F)C(=O)O)cc2Br)c1.CCNc1cc(C)cc(COc2c(Br)cc(CCC(=O)O)cc2Br)c1F.CCNc1cc(Cl)cc(COc2c(Br)cc(CCC(=O)O)cc2Br)c1F. The standard InChI is InChI=1S/C19H19Br2ClN2O4.2C19H20Br2FNO3.C18H17Br2ClFNO3/c1-10(2)23-13-4-11(3-12(22)5-13)9-28-19-15(20)6-14(7-16(19)21)24-17(25)8-18(26)27;1-3-23-14-5-11(2)4-13(6-14)10-26-18-15(20)7-12(8-16(18)21)9-17(22)19(24)25;1-3-23-16-7-11(2)6-13(18(16)22)10-26-19-14(20)8-12(9-15(19)21)4-5-17(24)25;1-2-23-15-8-12(21)7-11(17(15)22)9-26-18-13(19)5-10(6-14(18)20)3-4-16(24)25/h3-7,10,23H,8-9H2,1-2H3,(H,24,25)(H,26,27);4-8,17,23H,3,9-10H2,1-2H3,(H,24,25);6-9,23H,3-5,10H2,1-2H3,(H,24,25);5-8,23H,2-4,9H2,1H3,(H,24,25). The summed E-state index contributed by atoms with van der Waals surface area (Å²) in [4.78, 5) is 54.3. The van der Waals surface area contributed by atoms with Crippen LogP contribution in [0.3, 0.4) is 0 Å². The smallest absolute Gasteiger partial charge is 0.338 e. The number of carboxylic acid groups (broad SMARTS) is 4. The van der Waals surface area contributed by atoms with Gasteiger partial charge >= 0.3 is 23.9 Å². The second-order valence-electron chi connectivity index (χ2n) is 23.7. The molecule has 0 aromatic heterocycles. The Morgan fingerprint density at radius 3 is 1.27 bits per heavy atom. The van der Waals surface area contributed by atoms with E-state index in [1.807, 2.05) is 84.9 Å². The normalized spacial score (nSPS) is 11.0. The van der Waals surface area contributed by atoms with Gasteiger partial charge in [0, 0.05) is 83.2 Å². The van der Waals surface area contributed by atoms with Crippen molar-refractivity contribution in [2.45, 2.75) is 126 Å². The molecule has 0 bridgehead atoms. The van der Waals surface area contributed by atoms with E-state index in [1.54, 1.807) is 48.5 Å². The summed E-state index contributed by atoms with van der Waals surface area (Å²) in [5.41, 5.74) is 10.3. The van der Waals surface area contributed by atoms with Crippen molar-refractivity contribution in [2.75, 3.05) is 46.2 Å². The first-order valence-electron chi connectivity index (χ1n) is 32.5. The number of carbonyl (C=O) groups excluding carboxylic acids is 1. The van der Waals surface area contributed by atoms with Gasteiger partial charge in [0.05, 0.1) is 47.2 Å². The number of carbonyl (C=O) groups is 5. The molecule has 8 rings (SSSR count). The zero-order valence-corrected chi connectivity index (χ0v) is 72.3. The molecule has 18 nitrogen and oxygen atoms in total. The third kappa shape index (κ3) is 30.6. The Morgan fingerprint density at radius 1 is 0.443 bits per heavy atom. The average Bonchev–Trinajstić information content (AvgIpc) is 0.839. The van der Waals surface area contributed by atoms with Crippen LogP contribution in [0.2, 0.25) is 10.0 Å². The number of benzene rings is 8. The van der Waals surface area contributed by atoms with Gasteiger partial charge in [-0.05, 0) is 331 Å². The molecule has 0 saturated heterocycles. The van der Waals surface area contributed by atoms with E-state index in [-0.39, 0.29) is 50.9 Å². The number of hydrogen-bond acceptors (Lipinski definition) is 13. The van der Waals surface area contributed by atoms with Gasteiger partial charge in [0.2, 0.25) is 12.1 Å². The minimum Gasteiger partial charge on any atom is -0.487 e. The quantitative estimate of drug-likeness (QED) is 0.0177. The van der Waals surface area contributed by atoms with E-state index in [9.17, 15) is 37.1 Å². The number of carboxylic acids is 4. The van der Waals surface area contributed by atoms with E-state index in [0.717, 1.165) is 51.3 Å². The van der Waals surface area contributed by atoms with Crippen LogP contribution >= 0.6 is 151 Å². The highest BCUT2D eigenvalue weighted by Crippen LogP contribution is 2.41. The fourth-order valence-electron chi connectivity index (χ4n) is 9.92. The highest BCUT2D eigenvalue weighted by Gasteiger charge is 2.21. The lowest BCUT2D eigenvalue weighted by Gasteiger charge is -2.15. The predicted molar refractivity (Wildman–Crippen MR) is 440 cm³/mol. The molecule has 0 saturated carbocycles. The first-order valence-corrected chi connectivity index (χ1v) is 39.6. The van der Waals surface area contributed by atoms with Crippen LogP contribution in [0.5, 0.6) is 23.0 Å². The van der Waals surface area contributed by atoms with Crippen LogP contribution < -0.4 is 45.5 Å². The maximum absolute atomic E-state index is 14.6. The number of ether oxygens (including phenoxy) is 4. The molecule has 0 spiro atoms. The van der Waals surface area contributed by atoms with Crippen LogP contribution in [0.1, 0.15) is 104 Å². The van der Waals surface area contributed by atoms with Gasteiger partial charge in [-0.1, -0.05) is 29.3 Å². The van der Waals surface area contributed by atoms with Crippen LogP contribution in [0.4, 0.5) is 41.6 Å². The van der Waals surface area contributed by atoms with Crippen molar-refractivity contribution in [3.05, 3.63) is 217 Å². The lowest BCUT2D eigenvalue weighted by Crippen LogP contribution is -2.17. The van der Waals surface area contributed by atoms with E-state index in [4.69, 9.17) is 62.6 Å². The molecule has 0 aliphatic carbocycles. The molecule has 0 radical (unpaired) electrons. The number of amides is 1. The van der Waals surface area contributed by atoms with E-state index in [1.165, 1.54) is 12.1 Å². The summed E-state index contributed by atoms with van der Waals surface area (Å²) >= 11 is 39.6. The summed E-state index contributed by atoms with van der Waals surface area (Å²) in [7, 11) is 0. The van der Waals surface area contributed by atoms with Gasteiger partial charge in [-0.15, -0.1) is 0 Å². The van der Waals surface area contributed by atoms with Gasteiger partial charge in [0.15, 0.2) is 11.6 Å². The Bertz CT molecular complexity index is 4190. The monoisotopic (exact) mass is 2010 g/mol. The molecule has 1 unspecified atom stereocenters. The fraction of sp³-hybridized carbons (Fsp3) is 0.293. The van der Waals surface area contributed by atoms with Gasteiger partial charge in [-0.3, -0.25) is 19.2 Å². The van der Waals surface area contributed by atoms with Crippen molar-refractivity contribution >= 4 is 209 Å². The molecular weight excluding hydrogens is 1950 g/mol. The summed E-state index contributed by atoms with van der Waals surface area (Å²) in [5.74, 6) is -3.48. The second-order valence-corrected chi connectivity index (χ2v) is 31.4. The zero-order chi connectivity index (χ0) is 78.6. The molecule has 8 aromatic rings. The molecule has 0 aliphatic rings. The van der Waals surface area contributed by atoms with Crippen LogP contribution in [0, 0.1) is 25.5 Å². The highest BCUT2D eigenvalue weighted by molar-refractivity contribution is 9.12. The van der Waals surface area contributed by atoms with Gasteiger partial charge in [0.1, 0.15) is 55.8 Å². The van der Waals surface area contributed by atoms with Gasteiger partial charge in [0.25, 0.3) is 0 Å². The summed E-state index contributed by atoms with van der Waals surface area (Å²) in [6, 6.07) is 32.5. The lowest BCUT2D eigenvalue weighted by molar-refractivity contribution is -0.143. The molecule has 0 heterocycles. The molecule has 9 N–H and O–H groups in total. The number of halogens is 13. The minimum atomic E-state index is -1.93. The third-order valence-corrected chi connectivity index (χ3v) is 19.4. The van der Waals surface area contributed by atoms with Crippen molar-refractivity contribution in [2.24, 2.45) is 0 Å². The first-order chi connectivity index (χ1) is 50.1. The maximum atomic E-state index is 14.6. The lowest BCUT2D eigenvalue weighted by atomic mass is 10.1. The summed E-state index contributed by atoms with van der Waals surface area (Å²) in [6.07, 6.45) is -1.81. The largest absolute Gasteiger partial charge is 0.487 e. The Balaban J connectivity index is 0.000000254. The van der Waals surface area contributed by atoms with E-state index < -0.39 is 48.2 Å². The van der Waals surface area contributed by atoms with Gasteiger partial charge < -0.3 is 66.0 Å². The minimum absolute atomic E-state index is 0.00351. The second kappa shape index (κ2) is 45.0. The number of anilines is 5. The molecule has 31 heteroatoms. The Morgan fingerprint density at radius 2 is 0.840 bits per heavy atom. The topological polar surface area (TPSA) is 263 Å². The molecule has 570 valence electrons. The summed E-state index contributed by atoms with van der Waals surface area (Å²) in [5, 5.41) is 51.0. The first kappa shape index (κ1) is 90.3. The van der Waals surface area contributed by atoms with Gasteiger partial charge in [-0.2, -0.15) is 0 Å². The number of rotatable bonds is 32. The predicted octanol–water partition coefficient (Wildman–Crippen LogP) is 22.9. The van der Waals surface area contributed by atoms with Crippen molar-refractivity contribution in [3.8, 4) is 23.0 Å². The Labute approximate surface area is 690 Å². The van der Waals surface area contributed by atoms with Crippen molar-refractivity contribution < 1.29 is 76.5 Å². The molecule has 8 aromatic carbocycles. The molecule has 1 amide bonds. The summed E-state index contributed by atoms with van der Waals surface area (Å²) in [6.45, 7) is 16.6. The van der Waals surface area contributed by atoms with Crippen LogP contribution in [-0.2, 0) is 69.7 Å². The van der Waals surface area contributed by atoms with Crippen molar-refractivity contribution in [1.29, 1.82) is 0 Å². The maximum Gasteiger partial charge on any atom is 0.338 e. The molecule has 1 atom stereocenters. The van der Waals surface area contributed by atoms with Crippen LogP contribution in [0.15, 0.2) is 145 Å². The van der Waals surface area contributed by atoms with Gasteiger partial charge in [-0.25, -0.2) is 18.0 Å². The average molecular weight is 2020 g/mol. The number of aliphatic carboxylic acids is 4. The Hall–Kier alpha value is -6.28.